The molecule has 0 bridgehead atoms. The van der Waals surface area contributed by atoms with Crippen molar-refractivity contribution in [1.29, 1.82) is 0 Å². The lowest BCUT2D eigenvalue weighted by atomic mass is 10.3. The summed E-state index contributed by atoms with van der Waals surface area (Å²) in [6.45, 7) is -0.0349. The molecule has 0 fully saturated rings. The number of halogens is 1. The van der Waals surface area contributed by atoms with Gasteiger partial charge in [-0.3, -0.25) is 0 Å². The van der Waals surface area contributed by atoms with Crippen LogP contribution in [0.5, 0.6) is 5.75 Å². The molecule has 1 aromatic carbocycles. The third-order valence-electron chi connectivity index (χ3n) is 1.15. The second-order valence-corrected chi connectivity index (χ2v) is 2.45. The van der Waals surface area contributed by atoms with Gasteiger partial charge >= 0.3 is 0 Å². The summed E-state index contributed by atoms with van der Waals surface area (Å²) in [7, 11) is 0. The van der Waals surface area contributed by atoms with Gasteiger partial charge in [0, 0.05) is 5.02 Å². The largest absolute Gasteiger partial charge is 0.491 e. The van der Waals surface area contributed by atoms with Gasteiger partial charge in [0.2, 0.25) is 0 Å². The Labute approximate surface area is 70.4 Å². The molecule has 0 saturated heterocycles. The highest BCUT2D eigenvalue weighted by Gasteiger charge is 1.92. The zero-order valence-electron chi connectivity index (χ0n) is 5.92. The van der Waals surface area contributed by atoms with Crippen LogP contribution in [-0.4, -0.2) is 13.2 Å². The number of ether oxygens (including phenoxy) is 1. The van der Waals surface area contributed by atoms with Gasteiger partial charge in [0.1, 0.15) is 19.0 Å². The van der Waals surface area contributed by atoms with Crippen molar-refractivity contribution < 1.29 is 9.84 Å². The first-order valence-electron chi connectivity index (χ1n) is 3.29. The lowest BCUT2D eigenvalue weighted by Crippen LogP contribution is -1.99. The van der Waals surface area contributed by atoms with Crippen LogP contribution in [0.2, 0.25) is 5.02 Å². The Balaban J connectivity index is 2.56. The summed E-state index contributed by atoms with van der Waals surface area (Å²) >= 11 is 5.67. The second kappa shape index (κ2) is 4.21. The van der Waals surface area contributed by atoms with Gasteiger partial charge in [0.05, 0.1) is 0 Å². The highest BCUT2D eigenvalue weighted by Crippen LogP contribution is 2.16. The van der Waals surface area contributed by atoms with Crippen molar-refractivity contribution in [2.45, 2.75) is 0 Å². The third kappa shape index (κ3) is 2.78. The molecular weight excluding hydrogens is 164 g/mol. The Morgan fingerprint density at radius 1 is 1.45 bits per heavy atom. The summed E-state index contributed by atoms with van der Waals surface area (Å²) in [5, 5.41) is 10.6. The maximum absolute atomic E-state index is 10.0. The van der Waals surface area contributed by atoms with Crippen LogP contribution in [0.25, 0.3) is 0 Å². The summed E-state index contributed by atoms with van der Waals surface area (Å²) in [6.07, 6.45) is 0. The highest BCUT2D eigenvalue weighted by atomic mass is 35.5. The molecule has 0 unspecified atom stereocenters. The summed E-state index contributed by atoms with van der Waals surface area (Å²) in [5.74, 6) is 0.647. The first kappa shape index (κ1) is 8.37. The molecule has 0 spiro atoms. The number of hydrogen-bond donors (Lipinski definition) is 0. The van der Waals surface area contributed by atoms with E-state index in [9.17, 15) is 5.11 Å². The van der Waals surface area contributed by atoms with Crippen LogP contribution in [0.15, 0.2) is 24.3 Å². The SMILES string of the molecule is [O]CCOc1cccc(Cl)c1. The van der Waals surface area contributed by atoms with Gasteiger partial charge in [0.15, 0.2) is 0 Å². The molecule has 3 heteroatoms. The first-order chi connectivity index (χ1) is 5.33. The van der Waals surface area contributed by atoms with E-state index in [0.717, 1.165) is 0 Å². The van der Waals surface area contributed by atoms with Crippen LogP contribution in [0.1, 0.15) is 0 Å². The fraction of sp³-hybridized carbons (Fsp3) is 0.250. The van der Waals surface area contributed by atoms with E-state index in [-0.39, 0.29) is 13.2 Å². The van der Waals surface area contributed by atoms with Crippen molar-refractivity contribution in [2.75, 3.05) is 13.2 Å². The normalized spacial score (nSPS) is 9.64. The molecule has 0 aliphatic rings. The Bertz CT molecular complexity index is 225. The molecule has 0 N–H and O–H groups in total. The van der Waals surface area contributed by atoms with E-state index in [1.807, 2.05) is 0 Å². The molecule has 1 rings (SSSR count). The molecule has 0 saturated carbocycles. The molecule has 0 aliphatic heterocycles. The second-order valence-electron chi connectivity index (χ2n) is 2.01. The van der Waals surface area contributed by atoms with Crippen molar-refractivity contribution in [2.24, 2.45) is 0 Å². The molecule has 0 heterocycles. The van der Waals surface area contributed by atoms with Gasteiger partial charge in [0.25, 0.3) is 0 Å². The third-order valence-corrected chi connectivity index (χ3v) is 1.38. The molecule has 2 nitrogen and oxygen atoms in total. The van der Waals surface area contributed by atoms with Crippen molar-refractivity contribution in [3.63, 3.8) is 0 Å². The van der Waals surface area contributed by atoms with E-state index in [4.69, 9.17) is 16.3 Å². The summed E-state index contributed by atoms with van der Waals surface area (Å²) < 4.78 is 5.04. The minimum Gasteiger partial charge on any atom is -0.491 e. The van der Waals surface area contributed by atoms with E-state index in [2.05, 4.69) is 0 Å². The monoisotopic (exact) mass is 171 g/mol. The molecule has 0 aromatic heterocycles. The molecule has 1 radical (unpaired) electrons. The van der Waals surface area contributed by atoms with Crippen molar-refractivity contribution in [1.82, 2.24) is 0 Å². The lowest BCUT2D eigenvalue weighted by Gasteiger charge is -2.02. The fourth-order valence-corrected chi connectivity index (χ4v) is 0.897. The number of benzene rings is 1. The predicted octanol–water partition coefficient (Wildman–Crippen LogP) is 2.15. The van der Waals surface area contributed by atoms with E-state index in [1.54, 1.807) is 24.3 Å². The minimum atomic E-state index is -0.230. The molecule has 0 aliphatic carbocycles. The Morgan fingerprint density at radius 2 is 2.27 bits per heavy atom. The van der Waals surface area contributed by atoms with Crippen molar-refractivity contribution in [3.05, 3.63) is 29.3 Å². The minimum absolute atomic E-state index is 0.195. The van der Waals surface area contributed by atoms with Crippen LogP contribution in [0, 0.1) is 0 Å². The van der Waals surface area contributed by atoms with Crippen molar-refractivity contribution >= 4 is 11.6 Å². The quantitative estimate of drug-likeness (QED) is 0.685. The maximum Gasteiger partial charge on any atom is 0.120 e. The highest BCUT2D eigenvalue weighted by molar-refractivity contribution is 6.30. The van der Waals surface area contributed by atoms with E-state index >= 15 is 0 Å². The van der Waals surface area contributed by atoms with Crippen molar-refractivity contribution in [3.8, 4) is 5.75 Å². The number of rotatable bonds is 3. The molecule has 0 atom stereocenters. The molecule has 11 heavy (non-hydrogen) atoms. The zero-order chi connectivity index (χ0) is 8.10. The Kier molecular flexibility index (Phi) is 3.20. The molecule has 1 aromatic rings. The van der Waals surface area contributed by atoms with E-state index in [1.165, 1.54) is 0 Å². The summed E-state index contributed by atoms with van der Waals surface area (Å²) in [4.78, 5) is 0. The van der Waals surface area contributed by atoms with Crippen LogP contribution in [0.4, 0.5) is 0 Å². The van der Waals surface area contributed by atoms with Crippen LogP contribution in [0.3, 0.4) is 0 Å². The van der Waals surface area contributed by atoms with Gasteiger partial charge in [-0.1, -0.05) is 17.7 Å². The average molecular weight is 172 g/mol. The fourth-order valence-electron chi connectivity index (χ4n) is 0.716. The predicted molar refractivity (Wildman–Crippen MR) is 42.5 cm³/mol. The Hall–Kier alpha value is -0.730. The lowest BCUT2D eigenvalue weighted by molar-refractivity contribution is 0.138. The van der Waals surface area contributed by atoms with Gasteiger partial charge in [-0.2, -0.15) is 0 Å². The maximum atomic E-state index is 10.0. The van der Waals surface area contributed by atoms with E-state index < -0.39 is 0 Å². The topological polar surface area (TPSA) is 29.1 Å². The van der Waals surface area contributed by atoms with Gasteiger partial charge < -0.3 is 4.74 Å². The van der Waals surface area contributed by atoms with Gasteiger partial charge in [-0.15, -0.1) is 0 Å². The average Bonchev–Trinajstić information content (AvgIpc) is 2.01. The first-order valence-corrected chi connectivity index (χ1v) is 3.67. The number of hydrogen-bond acceptors (Lipinski definition) is 1. The van der Waals surface area contributed by atoms with Crippen LogP contribution < -0.4 is 4.74 Å². The smallest absolute Gasteiger partial charge is 0.120 e. The molecule has 59 valence electrons. The van der Waals surface area contributed by atoms with Gasteiger partial charge in [-0.25, -0.2) is 5.11 Å². The Morgan fingerprint density at radius 3 is 2.91 bits per heavy atom. The molecule has 0 amide bonds. The molecular formula is C8H8ClO2. The summed E-state index contributed by atoms with van der Waals surface area (Å²) in [6, 6.07) is 6.98. The van der Waals surface area contributed by atoms with E-state index in [0.29, 0.717) is 10.8 Å². The standard InChI is InChI=1S/C8H8ClO2/c9-7-2-1-3-8(6-7)11-5-4-10/h1-3,6H,4-5H2. The zero-order valence-corrected chi connectivity index (χ0v) is 6.67. The van der Waals surface area contributed by atoms with Gasteiger partial charge in [-0.05, 0) is 18.2 Å². The van der Waals surface area contributed by atoms with Crippen LogP contribution in [-0.2, 0) is 5.11 Å². The summed E-state index contributed by atoms with van der Waals surface area (Å²) in [5.41, 5.74) is 0. The van der Waals surface area contributed by atoms with Crippen LogP contribution >= 0.6 is 11.6 Å².